The molecule has 0 N–H and O–H groups in total. The molecule has 4 nitrogen and oxygen atoms in total. The van der Waals surface area contributed by atoms with Gasteiger partial charge in [-0.2, -0.15) is 8.42 Å². The quantitative estimate of drug-likeness (QED) is 0.529. The Morgan fingerprint density at radius 1 is 0.750 bits per heavy atom. The van der Waals surface area contributed by atoms with Crippen molar-refractivity contribution in [3.8, 4) is 11.5 Å². The molecule has 0 saturated carbocycles. The summed E-state index contributed by atoms with van der Waals surface area (Å²) in [6.07, 6.45) is 0. The van der Waals surface area contributed by atoms with Crippen LogP contribution in [0.3, 0.4) is 0 Å². The number of hydrogen-bond acceptors (Lipinski definition) is 4. The van der Waals surface area contributed by atoms with Crippen LogP contribution in [0.15, 0.2) is 83.8 Å². The molecule has 0 bridgehead atoms. The fourth-order valence-corrected chi connectivity index (χ4v) is 3.56. The third kappa shape index (κ3) is 5.14. The molecule has 0 amide bonds. The number of ether oxygens (including phenoxy) is 1. The first-order valence-corrected chi connectivity index (χ1v) is 10.5. The molecular weight excluding hydrogens is 372 g/mol. The normalized spacial score (nSPS) is 11.8. The van der Waals surface area contributed by atoms with Gasteiger partial charge in [-0.05, 0) is 52.9 Å². The third-order valence-corrected chi connectivity index (χ3v) is 5.55. The van der Waals surface area contributed by atoms with Crippen molar-refractivity contribution in [3.05, 3.63) is 90.0 Å². The highest BCUT2D eigenvalue weighted by Gasteiger charge is 2.19. The van der Waals surface area contributed by atoms with E-state index in [0.717, 1.165) is 11.1 Å². The molecule has 0 saturated heterocycles. The molecule has 146 valence electrons. The monoisotopic (exact) mass is 396 g/mol. The van der Waals surface area contributed by atoms with E-state index in [2.05, 4.69) is 20.8 Å². The molecular formula is C23H24O4S. The summed E-state index contributed by atoms with van der Waals surface area (Å²) < 4.78 is 36.0. The van der Waals surface area contributed by atoms with E-state index in [4.69, 9.17) is 8.92 Å². The van der Waals surface area contributed by atoms with Gasteiger partial charge < -0.3 is 8.92 Å². The Morgan fingerprint density at radius 2 is 1.32 bits per heavy atom. The summed E-state index contributed by atoms with van der Waals surface area (Å²) in [5, 5.41) is 0. The van der Waals surface area contributed by atoms with Gasteiger partial charge in [-0.25, -0.2) is 0 Å². The molecule has 0 fully saturated rings. The Balaban J connectivity index is 1.65. The highest BCUT2D eigenvalue weighted by molar-refractivity contribution is 7.87. The maximum atomic E-state index is 12.5. The largest absolute Gasteiger partial charge is 0.489 e. The molecule has 0 aliphatic carbocycles. The number of hydrogen-bond donors (Lipinski definition) is 0. The molecule has 3 aromatic carbocycles. The Kier molecular flexibility index (Phi) is 5.75. The lowest BCUT2D eigenvalue weighted by Crippen LogP contribution is -2.13. The van der Waals surface area contributed by atoms with E-state index in [1.165, 1.54) is 0 Å². The summed E-state index contributed by atoms with van der Waals surface area (Å²) in [5.41, 5.74) is 2.08. The summed E-state index contributed by atoms with van der Waals surface area (Å²) in [5.74, 6) is 0.884. The van der Waals surface area contributed by atoms with E-state index in [9.17, 15) is 8.42 Å². The maximum absolute atomic E-state index is 12.5. The van der Waals surface area contributed by atoms with Gasteiger partial charge in [-0.15, -0.1) is 0 Å². The first-order valence-electron chi connectivity index (χ1n) is 9.06. The summed E-state index contributed by atoms with van der Waals surface area (Å²) in [6.45, 7) is 6.68. The van der Waals surface area contributed by atoms with Gasteiger partial charge in [0.05, 0.1) is 0 Å². The zero-order chi connectivity index (χ0) is 20.2. The van der Waals surface area contributed by atoms with Gasteiger partial charge in [0.1, 0.15) is 23.0 Å². The first kappa shape index (κ1) is 20.0. The van der Waals surface area contributed by atoms with E-state index in [1.807, 2.05) is 42.5 Å². The molecule has 3 rings (SSSR count). The second kappa shape index (κ2) is 8.07. The van der Waals surface area contributed by atoms with Crippen molar-refractivity contribution in [2.45, 2.75) is 37.7 Å². The van der Waals surface area contributed by atoms with Crippen molar-refractivity contribution in [2.75, 3.05) is 0 Å². The van der Waals surface area contributed by atoms with Crippen LogP contribution < -0.4 is 8.92 Å². The van der Waals surface area contributed by atoms with Crippen LogP contribution in [0.25, 0.3) is 0 Å². The number of benzene rings is 3. The van der Waals surface area contributed by atoms with Crippen molar-refractivity contribution >= 4 is 10.1 Å². The van der Waals surface area contributed by atoms with Gasteiger partial charge >= 0.3 is 10.1 Å². The minimum atomic E-state index is -3.88. The fourth-order valence-electron chi connectivity index (χ4n) is 2.63. The Morgan fingerprint density at radius 3 is 1.89 bits per heavy atom. The van der Waals surface area contributed by atoms with Gasteiger partial charge in [-0.3, -0.25) is 0 Å². The molecule has 0 aliphatic heterocycles. The molecule has 0 aromatic heterocycles. The van der Waals surface area contributed by atoms with Crippen molar-refractivity contribution in [1.82, 2.24) is 0 Å². The molecule has 3 aromatic rings. The Bertz CT molecular complexity index is 1000. The molecule has 5 heteroatoms. The van der Waals surface area contributed by atoms with Crippen molar-refractivity contribution in [1.29, 1.82) is 0 Å². The van der Waals surface area contributed by atoms with Crippen LogP contribution in [0.4, 0.5) is 0 Å². The van der Waals surface area contributed by atoms with Crippen LogP contribution in [0.1, 0.15) is 31.9 Å². The Hall–Kier alpha value is -2.79. The molecule has 0 unspecified atom stereocenters. The molecule has 0 aliphatic rings. The average Bonchev–Trinajstić information content (AvgIpc) is 2.67. The first-order chi connectivity index (χ1) is 13.2. The predicted molar refractivity (Wildman–Crippen MR) is 110 cm³/mol. The molecule has 0 spiro atoms. The SMILES string of the molecule is CC(C)(C)c1ccc(S(=O)(=O)Oc2ccc(OCc3ccccc3)cc2)cc1. The standard InChI is InChI=1S/C23H24O4S/c1-23(2,3)19-9-15-22(16-10-19)28(24,25)27-21-13-11-20(12-14-21)26-17-18-7-5-4-6-8-18/h4-16H,17H2,1-3H3. The topological polar surface area (TPSA) is 52.6 Å². The van der Waals surface area contributed by atoms with E-state index in [1.54, 1.807) is 36.4 Å². The van der Waals surface area contributed by atoms with Gasteiger partial charge in [0.15, 0.2) is 0 Å². The molecule has 0 heterocycles. The second-order valence-electron chi connectivity index (χ2n) is 7.56. The lowest BCUT2D eigenvalue weighted by atomic mass is 9.87. The molecule has 0 atom stereocenters. The average molecular weight is 397 g/mol. The van der Waals surface area contributed by atoms with Gasteiger partial charge in [0.25, 0.3) is 0 Å². The zero-order valence-electron chi connectivity index (χ0n) is 16.3. The van der Waals surface area contributed by atoms with Crippen molar-refractivity contribution < 1.29 is 17.3 Å². The van der Waals surface area contributed by atoms with Gasteiger partial charge in [-0.1, -0.05) is 63.2 Å². The third-order valence-electron chi connectivity index (χ3n) is 4.29. The van der Waals surface area contributed by atoms with Crippen LogP contribution in [-0.4, -0.2) is 8.42 Å². The smallest absolute Gasteiger partial charge is 0.339 e. The van der Waals surface area contributed by atoms with E-state index < -0.39 is 10.1 Å². The van der Waals surface area contributed by atoms with Crippen LogP contribution in [0.5, 0.6) is 11.5 Å². The summed E-state index contributed by atoms with van der Waals surface area (Å²) in [4.78, 5) is 0.130. The van der Waals surface area contributed by atoms with E-state index in [-0.39, 0.29) is 16.1 Å². The minimum Gasteiger partial charge on any atom is -0.489 e. The second-order valence-corrected chi connectivity index (χ2v) is 9.10. The zero-order valence-corrected chi connectivity index (χ0v) is 17.1. The van der Waals surface area contributed by atoms with Crippen molar-refractivity contribution in [2.24, 2.45) is 0 Å². The maximum Gasteiger partial charge on any atom is 0.339 e. The lowest BCUT2D eigenvalue weighted by Gasteiger charge is -2.19. The van der Waals surface area contributed by atoms with Gasteiger partial charge in [0, 0.05) is 0 Å². The van der Waals surface area contributed by atoms with Crippen molar-refractivity contribution in [3.63, 3.8) is 0 Å². The highest BCUT2D eigenvalue weighted by atomic mass is 32.2. The number of rotatable bonds is 6. The highest BCUT2D eigenvalue weighted by Crippen LogP contribution is 2.26. The lowest BCUT2D eigenvalue weighted by molar-refractivity contribution is 0.306. The van der Waals surface area contributed by atoms with Crippen LogP contribution in [-0.2, 0) is 22.1 Å². The summed E-state index contributed by atoms with van der Waals surface area (Å²) >= 11 is 0. The fraction of sp³-hybridized carbons (Fsp3) is 0.217. The minimum absolute atomic E-state index is 0.0429. The van der Waals surface area contributed by atoms with E-state index in [0.29, 0.717) is 12.4 Å². The van der Waals surface area contributed by atoms with E-state index >= 15 is 0 Å². The molecule has 28 heavy (non-hydrogen) atoms. The molecule has 0 radical (unpaired) electrons. The summed E-state index contributed by atoms with van der Waals surface area (Å²) in [6, 6.07) is 23.2. The van der Waals surface area contributed by atoms with Crippen LogP contribution >= 0.6 is 0 Å². The van der Waals surface area contributed by atoms with Crippen LogP contribution in [0.2, 0.25) is 0 Å². The Labute approximate surface area is 166 Å². The predicted octanol–water partition coefficient (Wildman–Crippen LogP) is 5.33. The van der Waals surface area contributed by atoms with Gasteiger partial charge in [0.2, 0.25) is 0 Å². The van der Waals surface area contributed by atoms with Crippen LogP contribution in [0, 0.1) is 0 Å². The summed E-state index contributed by atoms with van der Waals surface area (Å²) in [7, 11) is -3.88.